The quantitative estimate of drug-likeness (QED) is 0.446. The summed E-state index contributed by atoms with van der Waals surface area (Å²) in [5.41, 5.74) is 1.22. The maximum Gasteiger partial charge on any atom is 0.338 e. The molecule has 1 aromatic carbocycles. The molecule has 78 valence electrons. The van der Waals surface area contributed by atoms with E-state index >= 15 is 0 Å². The third kappa shape index (κ3) is 2.96. The predicted molar refractivity (Wildman–Crippen MR) is 61.6 cm³/mol. The monoisotopic (exact) mass is 222 g/mol. The maximum atomic E-state index is 11.4. The molecule has 3 heteroatoms. The Morgan fingerprint density at radius 3 is 2.47 bits per heavy atom. The molecule has 1 rings (SSSR count). The van der Waals surface area contributed by atoms with Crippen LogP contribution in [0.3, 0.4) is 0 Å². The van der Waals surface area contributed by atoms with Crippen molar-refractivity contribution in [3.8, 4) is 0 Å². The number of hydrogen-bond acceptors (Lipinski definition) is 2. The number of hydrogen-bond donors (Lipinski definition) is 0. The Hall–Kier alpha value is -1.54. The second-order valence-corrected chi connectivity index (χ2v) is 3.25. The van der Waals surface area contributed by atoms with Crippen LogP contribution < -0.4 is 0 Å². The summed E-state index contributed by atoms with van der Waals surface area (Å²) in [5.74, 6) is -0.391. The Labute approximate surface area is 93.8 Å². The lowest BCUT2D eigenvalue weighted by atomic mass is 10.1. The molecule has 0 bridgehead atoms. The minimum absolute atomic E-state index is 0.391. The fraction of sp³-hybridized carbons (Fsp3) is 0.0833. The Morgan fingerprint density at radius 2 is 2.00 bits per heavy atom. The number of ether oxygens (including phenoxy) is 1. The predicted octanol–water partition coefficient (Wildman–Crippen LogP) is 3.08. The first-order valence-electron chi connectivity index (χ1n) is 4.36. The molecule has 1 aromatic rings. The molecule has 0 aliphatic carbocycles. The van der Waals surface area contributed by atoms with Crippen LogP contribution in [0.25, 0.3) is 5.57 Å². The average Bonchev–Trinajstić information content (AvgIpc) is 2.26. The lowest BCUT2D eigenvalue weighted by Gasteiger charge is -2.04. The highest BCUT2D eigenvalue weighted by atomic mass is 35.5. The van der Waals surface area contributed by atoms with Gasteiger partial charge in [-0.25, -0.2) is 4.79 Å². The number of esters is 1. The first-order valence-corrected chi connectivity index (χ1v) is 4.74. The van der Waals surface area contributed by atoms with Crippen molar-refractivity contribution in [3.63, 3.8) is 0 Å². The first-order chi connectivity index (χ1) is 7.19. The van der Waals surface area contributed by atoms with Gasteiger partial charge in [0.15, 0.2) is 0 Å². The number of carbonyl (C=O) groups excluding carboxylic acids is 1. The van der Waals surface area contributed by atoms with Crippen LogP contribution in [0.2, 0.25) is 5.02 Å². The minimum Gasteiger partial charge on any atom is -0.465 e. The van der Waals surface area contributed by atoms with Crippen LogP contribution in [0.4, 0.5) is 0 Å². The number of halogens is 1. The van der Waals surface area contributed by atoms with Crippen molar-refractivity contribution in [1.82, 2.24) is 0 Å². The highest BCUT2D eigenvalue weighted by molar-refractivity contribution is 6.30. The van der Waals surface area contributed by atoms with Crippen molar-refractivity contribution in [2.75, 3.05) is 7.11 Å². The molecule has 0 amide bonds. The van der Waals surface area contributed by atoms with E-state index in [9.17, 15) is 4.79 Å². The molecule has 0 atom stereocenters. The Balaban J connectivity index is 3.10. The van der Waals surface area contributed by atoms with E-state index in [1.54, 1.807) is 36.4 Å². The van der Waals surface area contributed by atoms with Gasteiger partial charge in [0, 0.05) is 5.02 Å². The van der Waals surface area contributed by atoms with Gasteiger partial charge in [-0.2, -0.15) is 0 Å². The molecule has 0 unspecified atom stereocenters. The molecular formula is C12H11ClO2. The zero-order valence-corrected chi connectivity index (χ0v) is 9.12. The van der Waals surface area contributed by atoms with E-state index in [4.69, 9.17) is 11.6 Å². The lowest BCUT2D eigenvalue weighted by molar-refractivity contribution is -0.133. The summed E-state index contributed by atoms with van der Waals surface area (Å²) in [6.07, 6.45) is 3.15. The van der Waals surface area contributed by atoms with Gasteiger partial charge in [-0.1, -0.05) is 36.4 Å². The number of methoxy groups -OCH3 is 1. The van der Waals surface area contributed by atoms with Crippen LogP contribution in [0.5, 0.6) is 0 Å². The fourth-order valence-corrected chi connectivity index (χ4v) is 1.27. The number of carbonyl (C=O) groups is 1. The molecule has 0 N–H and O–H groups in total. The van der Waals surface area contributed by atoms with Crippen molar-refractivity contribution in [2.45, 2.75) is 0 Å². The topological polar surface area (TPSA) is 26.3 Å². The number of benzene rings is 1. The second-order valence-electron chi connectivity index (χ2n) is 2.81. The molecule has 0 aromatic heterocycles. The normalized spacial score (nSPS) is 10.9. The van der Waals surface area contributed by atoms with E-state index in [1.165, 1.54) is 7.11 Å². The molecule has 0 fully saturated rings. The SMILES string of the molecule is C=C/C=C(/C(=O)OC)c1ccc(Cl)cc1. The van der Waals surface area contributed by atoms with Crippen molar-refractivity contribution in [3.05, 3.63) is 53.6 Å². The van der Waals surface area contributed by atoms with Crippen LogP contribution in [0.1, 0.15) is 5.56 Å². The summed E-state index contributed by atoms with van der Waals surface area (Å²) in [5, 5.41) is 0.626. The van der Waals surface area contributed by atoms with Gasteiger partial charge in [0.05, 0.1) is 12.7 Å². The smallest absolute Gasteiger partial charge is 0.338 e. The summed E-state index contributed by atoms with van der Waals surface area (Å²) < 4.78 is 4.66. The summed E-state index contributed by atoms with van der Waals surface area (Å²) in [4.78, 5) is 11.4. The maximum absolute atomic E-state index is 11.4. The van der Waals surface area contributed by atoms with E-state index in [0.29, 0.717) is 10.6 Å². The van der Waals surface area contributed by atoms with Crippen molar-refractivity contribution in [2.24, 2.45) is 0 Å². The molecule has 0 aliphatic rings. The third-order valence-electron chi connectivity index (χ3n) is 1.85. The molecule has 15 heavy (non-hydrogen) atoms. The van der Waals surface area contributed by atoms with Crippen LogP contribution in [0.15, 0.2) is 43.0 Å². The third-order valence-corrected chi connectivity index (χ3v) is 2.10. The summed E-state index contributed by atoms with van der Waals surface area (Å²) in [6, 6.07) is 6.96. The van der Waals surface area contributed by atoms with E-state index in [1.807, 2.05) is 0 Å². The van der Waals surface area contributed by atoms with Gasteiger partial charge in [-0.05, 0) is 23.8 Å². The van der Waals surface area contributed by atoms with Crippen molar-refractivity contribution < 1.29 is 9.53 Å². The van der Waals surface area contributed by atoms with Crippen molar-refractivity contribution >= 4 is 23.1 Å². The molecular weight excluding hydrogens is 212 g/mol. The molecule has 0 saturated heterocycles. The summed E-state index contributed by atoms with van der Waals surface area (Å²) in [7, 11) is 1.34. The van der Waals surface area contributed by atoms with Gasteiger partial charge in [-0.3, -0.25) is 0 Å². The zero-order chi connectivity index (χ0) is 11.3. The molecule has 0 saturated carbocycles. The van der Waals surface area contributed by atoms with Crippen LogP contribution in [0, 0.1) is 0 Å². The van der Waals surface area contributed by atoms with Crippen molar-refractivity contribution in [1.29, 1.82) is 0 Å². The zero-order valence-electron chi connectivity index (χ0n) is 8.37. The lowest BCUT2D eigenvalue weighted by Crippen LogP contribution is -2.03. The van der Waals surface area contributed by atoms with Crippen LogP contribution in [-0.2, 0) is 9.53 Å². The van der Waals surface area contributed by atoms with Gasteiger partial charge in [0.1, 0.15) is 0 Å². The van der Waals surface area contributed by atoms with Gasteiger partial charge in [-0.15, -0.1) is 0 Å². The van der Waals surface area contributed by atoms with Gasteiger partial charge in [0.25, 0.3) is 0 Å². The summed E-state index contributed by atoms with van der Waals surface area (Å²) in [6.45, 7) is 3.55. The molecule has 0 aliphatic heterocycles. The van der Waals surface area contributed by atoms with E-state index in [-0.39, 0.29) is 0 Å². The van der Waals surface area contributed by atoms with E-state index in [0.717, 1.165) is 5.56 Å². The van der Waals surface area contributed by atoms with Gasteiger partial charge in [0.2, 0.25) is 0 Å². The highest BCUT2D eigenvalue weighted by Crippen LogP contribution is 2.18. The number of allylic oxidation sites excluding steroid dienone is 2. The Bertz CT molecular complexity index is 391. The summed E-state index contributed by atoms with van der Waals surface area (Å²) >= 11 is 5.75. The van der Waals surface area contributed by atoms with E-state index < -0.39 is 5.97 Å². The molecule has 0 radical (unpaired) electrons. The average molecular weight is 223 g/mol. The largest absolute Gasteiger partial charge is 0.465 e. The molecule has 0 heterocycles. The van der Waals surface area contributed by atoms with E-state index in [2.05, 4.69) is 11.3 Å². The fourth-order valence-electron chi connectivity index (χ4n) is 1.14. The Morgan fingerprint density at radius 1 is 1.40 bits per heavy atom. The molecule has 2 nitrogen and oxygen atoms in total. The van der Waals surface area contributed by atoms with Gasteiger partial charge < -0.3 is 4.74 Å². The van der Waals surface area contributed by atoms with Crippen LogP contribution in [-0.4, -0.2) is 13.1 Å². The molecule has 0 spiro atoms. The second kappa shape index (κ2) is 5.37. The minimum atomic E-state index is -0.391. The van der Waals surface area contributed by atoms with Gasteiger partial charge >= 0.3 is 5.97 Å². The first kappa shape index (κ1) is 11.5. The Kier molecular flexibility index (Phi) is 4.13. The number of rotatable bonds is 3. The highest BCUT2D eigenvalue weighted by Gasteiger charge is 2.10. The van der Waals surface area contributed by atoms with Crippen LogP contribution >= 0.6 is 11.6 Å². The standard InChI is InChI=1S/C12H11ClO2/c1-3-4-11(12(14)15-2)9-5-7-10(13)8-6-9/h3-8H,1H2,2H3/b11-4+.